The number of alkyl halides is 3. The van der Waals surface area contributed by atoms with Crippen molar-refractivity contribution in [1.29, 1.82) is 0 Å². The first-order chi connectivity index (χ1) is 4.52. The molecule has 0 aromatic heterocycles. The van der Waals surface area contributed by atoms with Gasteiger partial charge in [0.1, 0.15) is 0 Å². The van der Waals surface area contributed by atoms with Crippen LogP contribution in [0.25, 0.3) is 0 Å². The molecule has 0 saturated heterocycles. The first kappa shape index (κ1) is 9.20. The van der Waals surface area contributed by atoms with Crippen LogP contribution in [0.5, 0.6) is 0 Å². The summed E-state index contributed by atoms with van der Waals surface area (Å²) in [6, 6.07) is 0. The highest BCUT2D eigenvalue weighted by molar-refractivity contribution is 5.27. The molecule has 0 unspecified atom stereocenters. The highest BCUT2D eigenvalue weighted by Crippen LogP contribution is 2.27. The maximum absolute atomic E-state index is 11.8. The number of halogens is 3. The summed E-state index contributed by atoms with van der Waals surface area (Å²) >= 11 is 0. The van der Waals surface area contributed by atoms with Gasteiger partial charge < -0.3 is 0 Å². The van der Waals surface area contributed by atoms with Crippen LogP contribution < -0.4 is 0 Å². The van der Waals surface area contributed by atoms with Crippen molar-refractivity contribution in [2.24, 2.45) is 4.99 Å². The lowest BCUT2D eigenvalue weighted by Gasteiger charge is -2.06. The van der Waals surface area contributed by atoms with Crippen LogP contribution in [-0.4, -0.2) is 12.9 Å². The molecule has 0 N–H and O–H groups in total. The molecule has 0 aromatic rings. The van der Waals surface area contributed by atoms with Crippen molar-refractivity contribution in [3.05, 3.63) is 11.8 Å². The fourth-order valence-electron chi connectivity index (χ4n) is 0.475. The molecule has 4 heteroatoms. The van der Waals surface area contributed by atoms with Crippen molar-refractivity contribution in [2.75, 3.05) is 0 Å². The predicted molar refractivity (Wildman–Crippen MR) is 34.0 cm³/mol. The van der Waals surface area contributed by atoms with E-state index < -0.39 is 11.7 Å². The molecule has 0 saturated carbocycles. The predicted octanol–water partition coefficient (Wildman–Crippen LogP) is 2.54. The van der Waals surface area contributed by atoms with E-state index in [1.165, 1.54) is 6.92 Å². The lowest BCUT2D eigenvalue weighted by Crippen LogP contribution is -2.10. The third-order valence-corrected chi connectivity index (χ3v) is 0.992. The molecule has 0 atom stereocenters. The fourth-order valence-corrected chi connectivity index (χ4v) is 0.475. The van der Waals surface area contributed by atoms with Crippen LogP contribution in [0.1, 0.15) is 13.3 Å². The zero-order valence-electron chi connectivity index (χ0n) is 5.57. The Kier molecular flexibility index (Phi) is 3.12. The first-order valence-corrected chi connectivity index (χ1v) is 2.74. The summed E-state index contributed by atoms with van der Waals surface area (Å²) in [5.74, 6) is 0. The highest BCUT2D eigenvalue weighted by Gasteiger charge is 2.31. The zero-order chi connectivity index (χ0) is 8.20. The molecule has 58 valence electrons. The van der Waals surface area contributed by atoms with Crippen molar-refractivity contribution >= 4 is 6.72 Å². The van der Waals surface area contributed by atoms with Gasteiger partial charge in [0.2, 0.25) is 0 Å². The number of hydrogen-bond donors (Lipinski definition) is 0. The summed E-state index contributed by atoms with van der Waals surface area (Å²) in [7, 11) is 0. The Labute approximate surface area is 57.3 Å². The number of hydrogen-bond acceptors (Lipinski definition) is 1. The van der Waals surface area contributed by atoms with E-state index in [1.807, 2.05) is 0 Å². The van der Waals surface area contributed by atoms with Crippen molar-refractivity contribution in [1.82, 2.24) is 0 Å². The molecule has 0 radical (unpaired) electrons. The molecule has 10 heavy (non-hydrogen) atoms. The van der Waals surface area contributed by atoms with E-state index in [2.05, 4.69) is 11.7 Å². The van der Waals surface area contributed by atoms with Gasteiger partial charge in [-0.2, -0.15) is 13.2 Å². The number of rotatable bonds is 2. The van der Waals surface area contributed by atoms with Gasteiger partial charge in [-0.05, 0) is 13.1 Å². The smallest absolute Gasteiger partial charge is 0.272 e. The lowest BCUT2D eigenvalue weighted by molar-refractivity contribution is -0.0937. The van der Waals surface area contributed by atoms with Crippen molar-refractivity contribution in [2.45, 2.75) is 19.5 Å². The van der Waals surface area contributed by atoms with Crippen LogP contribution in [-0.2, 0) is 0 Å². The minimum absolute atomic E-state index is 0.0669. The minimum Gasteiger partial charge on any atom is -0.272 e. The Hall–Kier alpha value is -0.800. The Bertz CT molecular complexity index is 146. The van der Waals surface area contributed by atoms with Crippen LogP contribution in [0.15, 0.2) is 16.8 Å². The minimum atomic E-state index is -4.25. The Morgan fingerprint density at radius 2 is 2.10 bits per heavy atom. The maximum Gasteiger partial charge on any atom is 0.414 e. The molecule has 0 aliphatic heterocycles. The second kappa shape index (κ2) is 3.39. The molecule has 0 rings (SSSR count). The fraction of sp³-hybridized carbons (Fsp3) is 0.500. The van der Waals surface area contributed by atoms with Gasteiger partial charge in [-0.1, -0.05) is 6.92 Å². The van der Waals surface area contributed by atoms with Crippen molar-refractivity contribution in [3.8, 4) is 0 Å². The topological polar surface area (TPSA) is 12.4 Å². The van der Waals surface area contributed by atoms with E-state index in [0.29, 0.717) is 0 Å². The number of allylic oxidation sites excluding steroid dienone is 1. The van der Waals surface area contributed by atoms with Gasteiger partial charge in [-0.3, -0.25) is 4.99 Å². The summed E-state index contributed by atoms with van der Waals surface area (Å²) in [5.41, 5.74) is -0.650. The zero-order valence-corrected chi connectivity index (χ0v) is 5.57. The average molecular weight is 151 g/mol. The van der Waals surface area contributed by atoms with Gasteiger partial charge in [0.15, 0.2) is 0 Å². The summed E-state index contributed by atoms with van der Waals surface area (Å²) in [5, 5.41) is 0. The Morgan fingerprint density at radius 1 is 1.60 bits per heavy atom. The highest BCUT2D eigenvalue weighted by atomic mass is 19.4. The van der Waals surface area contributed by atoms with Gasteiger partial charge in [0, 0.05) is 6.20 Å². The van der Waals surface area contributed by atoms with Crippen molar-refractivity contribution in [3.63, 3.8) is 0 Å². The first-order valence-electron chi connectivity index (χ1n) is 2.74. The number of nitrogens with zero attached hydrogens (tertiary/aromatic N) is 1. The molecule has 0 fully saturated rings. The molecule has 0 spiro atoms. The second-order valence-corrected chi connectivity index (χ2v) is 1.69. The van der Waals surface area contributed by atoms with E-state index in [0.717, 1.165) is 6.20 Å². The summed E-state index contributed by atoms with van der Waals surface area (Å²) in [6.07, 6.45) is -3.58. The van der Waals surface area contributed by atoms with E-state index in [1.54, 1.807) is 0 Å². The molecule has 0 heterocycles. The van der Waals surface area contributed by atoms with Crippen LogP contribution >= 0.6 is 0 Å². The molecule has 1 nitrogen and oxygen atoms in total. The third kappa shape index (κ3) is 2.66. The quantitative estimate of drug-likeness (QED) is 0.538. The maximum atomic E-state index is 11.8. The molecule has 0 bridgehead atoms. The summed E-state index contributed by atoms with van der Waals surface area (Å²) < 4.78 is 35.3. The molecule has 0 aliphatic carbocycles. The van der Waals surface area contributed by atoms with Gasteiger partial charge in [-0.15, -0.1) is 0 Å². The third-order valence-electron chi connectivity index (χ3n) is 0.992. The normalized spacial score (nSPS) is 13.4. The van der Waals surface area contributed by atoms with E-state index in [-0.39, 0.29) is 6.42 Å². The average Bonchev–Trinajstić information content (AvgIpc) is 1.80. The summed E-state index contributed by atoms with van der Waals surface area (Å²) in [6.45, 7) is 4.36. The Balaban J connectivity index is 4.35. The van der Waals surface area contributed by atoms with Crippen LogP contribution in [0.3, 0.4) is 0 Å². The SMILES string of the molecule is C=N/C=C(\CC)C(F)(F)F. The lowest BCUT2D eigenvalue weighted by atomic mass is 10.2. The largest absolute Gasteiger partial charge is 0.414 e. The van der Waals surface area contributed by atoms with Gasteiger partial charge >= 0.3 is 6.18 Å². The van der Waals surface area contributed by atoms with Gasteiger partial charge in [0.05, 0.1) is 5.57 Å². The standard InChI is InChI=1S/C6H8F3N/c1-3-5(4-10-2)6(7,8)9/h4H,2-3H2,1H3/b5-4+. The molecular weight excluding hydrogens is 143 g/mol. The van der Waals surface area contributed by atoms with Crippen LogP contribution in [0, 0.1) is 0 Å². The van der Waals surface area contributed by atoms with E-state index in [9.17, 15) is 13.2 Å². The van der Waals surface area contributed by atoms with Crippen molar-refractivity contribution < 1.29 is 13.2 Å². The summed E-state index contributed by atoms with van der Waals surface area (Å²) in [4.78, 5) is 3.04. The van der Waals surface area contributed by atoms with Gasteiger partial charge in [-0.25, -0.2) is 0 Å². The van der Waals surface area contributed by atoms with Crippen LogP contribution in [0.4, 0.5) is 13.2 Å². The van der Waals surface area contributed by atoms with E-state index in [4.69, 9.17) is 0 Å². The monoisotopic (exact) mass is 151 g/mol. The van der Waals surface area contributed by atoms with E-state index >= 15 is 0 Å². The number of aliphatic imine (C=N–C) groups is 1. The van der Waals surface area contributed by atoms with Gasteiger partial charge in [0.25, 0.3) is 0 Å². The molecule has 0 aromatic carbocycles. The molecule has 0 amide bonds. The Morgan fingerprint density at radius 3 is 2.20 bits per heavy atom. The second-order valence-electron chi connectivity index (χ2n) is 1.69. The molecular formula is C6H8F3N. The molecule has 0 aliphatic rings. The van der Waals surface area contributed by atoms with Crippen LogP contribution in [0.2, 0.25) is 0 Å².